The maximum absolute atomic E-state index is 9.58. The molecule has 1 saturated carbocycles. The SMILES string of the molecule is CC#C[C@@H]1CCCCC[C@H]1O. The summed E-state index contributed by atoms with van der Waals surface area (Å²) in [4.78, 5) is 0. The first-order valence-electron chi connectivity index (χ1n) is 4.45. The van der Waals surface area contributed by atoms with Gasteiger partial charge in [0.15, 0.2) is 0 Å². The van der Waals surface area contributed by atoms with Gasteiger partial charge >= 0.3 is 0 Å². The van der Waals surface area contributed by atoms with Gasteiger partial charge in [0.05, 0.1) is 6.10 Å². The van der Waals surface area contributed by atoms with Crippen molar-refractivity contribution in [1.29, 1.82) is 0 Å². The highest BCUT2D eigenvalue weighted by Crippen LogP contribution is 2.22. The Morgan fingerprint density at radius 2 is 1.91 bits per heavy atom. The van der Waals surface area contributed by atoms with E-state index in [1.807, 2.05) is 6.92 Å². The van der Waals surface area contributed by atoms with Crippen LogP contribution in [-0.2, 0) is 0 Å². The lowest BCUT2D eigenvalue weighted by atomic mass is 9.98. The summed E-state index contributed by atoms with van der Waals surface area (Å²) < 4.78 is 0. The Morgan fingerprint density at radius 3 is 2.64 bits per heavy atom. The first kappa shape index (κ1) is 8.62. The predicted octanol–water partition coefficient (Wildman–Crippen LogP) is 1.95. The Hall–Kier alpha value is -0.480. The van der Waals surface area contributed by atoms with Gasteiger partial charge in [-0.05, 0) is 19.8 Å². The Bertz CT molecular complexity index is 163. The third kappa shape index (κ3) is 2.55. The third-order valence-electron chi connectivity index (χ3n) is 2.31. The summed E-state index contributed by atoms with van der Waals surface area (Å²) in [6.07, 6.45) is 5.53. The summed E-state index contributed by atoms with van der Waals surface area (Å²) >= 11 is 0. The van der Waals surface area contributed by atoms with Crippen LogP contribution in [0.2, 0.25) is 0 Å². The topological polar surface area (TPSA) is 20.2 Å². The van der Waals surface area contributed by atoms with Crippen molar-refractivity contribution >= 4 is 0 Å². The van der Waals surface area contributed by atoms with Crippen LogP contribution in [0.25, 0.3) is 0 Å². The third-order valence-corrected chi connectivity index (χ3v) is 2.31. The molecule has 2 atom stereocenters. The number of rotatable bonds is 0. The second kappa shape index (κ2) is 4.41. The summed E-state index contributed by atoms with van der Waals surface area (Å²) in [5.74, 6) is 6.21. The van der Waals surface area contributed by atoms with Crippen molar-refractivity contribution in [3.63, 3.8) is 0 Å². The van der Waals surface area contributed by atoms with E-state index < -0.39 is 0 Å². The van der Waals surface area contributed by atoms with Crippen LogP contribution in [0.4, 0.5) is 0 Å². The van der Waals surface area contributed by atoms with Gasteiger partial charge in [-0.2, -0.15) is 0 Å². The molecule has 1 aliphatic carbocycles. The van der Waals surface area contributed by atoms with Crippen molar-refractivity contribution in [1.82, 2.24) is 0 Å². The maximum atomic E-state index is 9.58. The van der Waals surface area contributed by atoms with Gasteiger partial charge in [-0.1, -0.05) is 25.2 Å². The fourth-order valence-corrected chi connectivity index (χ4v) is 1.64. The summed E-state index contributed by atoms with van der Waals surface area (Å²) in [6.45, 7) is 1.84. The van der Waals surface area contributed by atoms with Gasteiger partial charge < -0.3 is 5.11 Å². The van der Waals surface area contributed by atoms with E-state index in [1.165, 1.54) is 19.3 Å². The molecule has 11 heavy (non-hydrogen) atoms. The molecular weight excluding hydrogens is 136 g/mol. The molecule has 0 aromatic heterocycles. The molecule has 0 saturated heterocycles. The molecule has 1 fully saturated rings. The van der Waals surface area contributed by atoms with Crippen LogP contribution in [-0.4, -0.2) is 11.2 Å². The van der Waals surface area contributed by atoms with E-state index in [0.717, 1.165) is 12.8 Å². The molecule has 0 unspecified atom stereocenters. The van der Waals surface area contributed by atoms with Crippen LogP contribution in [0.1, 0.15) is 39.0 Å². The van der Waals surface area contributed by atoms with E-state index >= 15 is 0 Å². The molecule has 0 aromatic carbocycles. The molecule has 0 aromatic rings. The average molecular weight is 152 g/mol. The van der Waals surface area contributed by atoms with Crippen molar-refractivity contribution in [3.8, 4) is 11.8 Å². The lowest BCUT2D eigenvalue weighted by molar-refractivity contribution is 0.127. The highest BCUT2D eigenvalue weighted by atomic mass is 16.3. The van der Waals surface area contributed by atoms with Gasteiger partial charge in [0.1, 0.15) is 0 Å². The van der Waals surface area contributed by atoms with Gasteiger partial charge in [-0.15, -0.1) is 5.92 Å². The van der Waals surface area contributed by atoms with Gasteiger partial charge in [0, 0.05) is 5.92 Å². The van der Waals surface area contributed by atoms with Crippen LogP contribution in [0.15, 0.2) is 0 Å². The normalized spacial score (nSPS) is 31.8. The fourth-order valence-electron chi connectivity index (χ4n) is 1.64. The molecule has 0 radical (unpaired) electrons. The minimum atomic E-state index is -0.162. The fraction of sp³-hybridized carbons (Fsp3) is 0.800. The number of aliphatic hydroxyl groups excluding tert-OH is 1. The molecule has 62 valence electrons. The molecule has 1 aliphatic rings. The minimum absolute atomic E-state index is 0.162. The van der Waals surface area contributed by atoms with Gasteiger partial charge in [0.2, 0.25) is 0 Å². The van der Waals surface area contributed by atoms with E-state index in [0.29, 0.717) is 0 Å². The van der Waals surface area contributed by atoms with E-state index in [4.69, 9.17) is 0 Å². The Balaban J connectivity index is 2.49. The zero-order valence-corrected chi connectivity index (χ0v) is 7.14. The maximum Gasteiger partial charge on any atom is 0.0677 e. The Morgan fingerprint density at radius 1 is 1.18 bits per heavy atom. The van der Waals surface area contributed by atoms with E-state index in [2.05, 4.69) is 11.8 Å². The number of hydrogen-bond acceptors (Lipinski definition) is 1. The van der Waals surface area contributed by atoms with Crippen molar-refractivity contribution in [3.05, 3.63) is 0 Å². The largest absolute Gasteiger partial charge is 0.392 e. The zero-order chi connectivity index (χ0) is 8.10. The first-order chi connectivity index (χ1) is 5.34. The quantitative estimate of drug-likeness (QED) is 0.415. The van der Waals surface area contributed by atoms with Crippen LogP contribution in [0.5, 0.6) is 0 Å². The Labute approximate surface area is 68.8 Å². The Kier molecular flexibility index (Phi) is 3.45. The summed E-state index contributed by atoms with van der Waals surface area (Å²) in [6, 6.07) is 0. The van der Waals surface area contributed by atoms with Crippen LogP contribution in [0.3, 0.4) is 0 Å². The van der Waals surface area contributed by atoms with Gasteiger partial charge in [-0.25, -0.2) is 0 Å². The molecule has 1 nitrogen and oxygen atoms in total. The smallest absolute Gasteiger partial charge is 0.0677 e. The van der Waals surface area contributed by atoms with E-state index in [1.54, 1.807) is 0 Å². The zero-order valence-electron chi connectivity index (χ0n) is 7.14. The first-order valence-corrected chi connectivity index (χ1v) is 4.45. The molecule has 1 heteroatoms. The van der Waals surface area contributed by atoms with Gasteiger partial charge in [0.25, 0.3) is 0 Å². The van der Waals surface area contributed by atoms with Crippen molar-refractivity contribution in [2.75, 3.05) is 0 Å². The number of aliphatic hydroxyl groups is 1. The van der Waals surface area contributed by atoms with Crippen LogP contribution in [0, 0.1) is 17.8 Å². The van der Waals surface area contributed by atoms with Crippen molar-refractivity contribution in [2.45, 2.75) is 45.1 Å². The molecule has 1 N–H and O–H groups in total. The van der Waals surface area contributed by atoms with Gasteiger partial charge in [-0.3, -0.25) is 0 Å². The average Bonchev–Trinajstić information content (AvgIpc) is 2.18. The minimum Gasteiger partial charge on any atom is -0.392 e. The van der Waals surface area contributed by atoms with Crippen LogP contribution < -0.4 is 0 Å². The summed E-state index contributed by atoms with van der Waals surface area (Å²) in [5, 5.41) is 9.58. The predicted molar refractivity (Wildman–Crippen MR) is 46.0 cm³/mol. The molecule has 0 bridgehead atoms. The van der Waals surface area contributed by atoms with Crippen molar-refractivity contribution in [2.24, 2.45) is 5.92 Å². The summed E-state index contributed by atoms with van der Waals surface area (Å²) in [5.41, 5.74) is 0. The molecule has 0 heterocycles. The lowest BCUT2D eigenvalue weighted by Gasteiger charge is -2.13. The molecule has 1 rings (SSSR count). The monoisotopic (exact) mass is 152 g/mol. The molecule has 0 amide bonds. The number of hydrogen-bond donors (Lipinski definition) is 1. The second-order valence-electron chi connectivity index (χ2n) is 3.21. The van der Waals surface area contributed by atoms with Crippen LogP contribution >= 0.6 is 0 Å². The molecular formula is C10H16O. The lowest BCUT2D eigenvalue weighted by Crippen LogP contribution is -2.16. The highest BCUT2D eigenvalue weighted by molar-refractivity contribution is 5.03. The highest BCUT2D eigenvalue weighted by Gasteiger charge is 2.18. The van der Waals surface area contributed by atoms with E-state index in [-0.39, 0.29) is 12.0 Å². The van der Waals surface area contributed by atoms with Crippen molar-refractivity contribution < 1.29 is 5.11 Å². The summed E-state index contributed by atoms with van der Waals surface area (Å²) in [7, 11) is 0. The standard InChI is InChI=1S/C10H16O/c1-2-6-9-7-4-3-5-8-10(9)11/h9-11H,3-5,7-8H2,1H3/t9-,10-/m1/s1. The van der Waals surface area contributed by atoms with E-state index in [9.17, 15) is 5.11 Å². The molecule has 0 aliphatic heterocycles. The second-order valence-corrected chi connectivity index (χ2v) is 3.21. The molecule has 0 spiro atoms.